The van der Waals surface area contributed by atoms with Crippen molar-refractivity contribution in [1.29, 1.82) is 0 Å². The van der Waals surface area contributed by atoms with Gasteiger partial charge in [0.15, 0.2) is 0 Å². The van der Waals surface area contributed by atoms with Crippen molar-refractivity contribution in [2.45, 2.75) is 11.8 Å². The number of non-ortho nitro benzene ring substituents is 1. The molecule has 0 atom stereocenters. The smallest absolute Gasteiger partial charge is 0.271 e. The van der Waals surface area contributed by atoms with Crippen molar-refractivity contribution < 1.29 is 17.7 Å². The number of anilines is 1. The summed E-state index contributed by atoms with van der Waals surface area (Å²) in [5.41, 5.74) is -0.656. The van der Waals surface area contributed by atoms with Crippen molar-refractivity contribution >= 4 is 21.4 Å². The third kappa shape index (κ3) is 2.59. The van der Waals surface area contributed by atoms with Gasteiger partial charge in [-0.05, 0) is 13.0 Å². The van der Waals surface area contributed by atoms with Crippen LogP contribution in [0.1, 0.15) is 5.69 Å². The molecule has 0 amide bonds. The summed E-state index contributed by atoms with van der Waals surface area (Å²) >= 11 is 0. The second-order valence-corrected chi connectivity index (χ2v) is 5.54. The lowest BCUT2D eigenvalue weighted by atomic mass is 10.3. The average molecular weight is 300 g/mol. The topological polar surface area (TPSA) is 118 Å². The number of benzene rings is 1. The molecule has 0 aliphatic carbocycles. The number of aromatic nitrogens is 2. The first-order chi connectivity index (χ1) is 9.31. The molecule has 0 fully saturated rings. The number of rotatable bonds is 4. The minimum Gasteiger partial charge on any atom is -0.281 e. The van der Waals surface area contributed by atoms with Gasteiger partial charge < -0.3 is 0 Å². The van der Waals surface area contributed by atoms with Crippen LogP contribution in [-0.2, 0) is 10.0 Å². The number of H-pyrrole nitrogens is 1. The summed E-state index contributed by atoms with van der Waals surface area (Å²) in [6, 6.07) is 2.57. The molecule has 0 aliphatic heterocycles. The van der Waals surface area contributed by atoms with Gasteiger partial charge in [-0.15, -0.1) is 0 Å². The average Bonchev–Trinajstić information content (AvgIpc) is 2.78. The number of nitro benzene ring substituents is 1. The van der Waals surface area contributed by atoms with E-state index in [1.54, 1.807) is 0 Å². The highest BCUT2D eigenvalue weighted by Gasteiger charge is 2.21. The third-order valence-electron chi connectivity index (χ3n) is 2.48. The maximum atomic E-state index is 13.5. The summed E-state index contributed by atoms with van der Waals surface area (Å²) in [7, 11) is -4.07. The largest absolute Gasteiger partial charge is 0.281 e. The molecular formula is C10H9FN4O4S. The number of hydrogen-bond acceptors (Lipinski definition) is 5. The maximum Gasteiger partial charge on any atom is 0.271 e. The Labute approximate surface area is 112 Å². The van der Waals surface area contributed by atoms with Crippen LogP contribution >= 0.6 is 0 Å². The van der Waals surface area contributed by atoms with Gasteiger partial charge in [-0.3, -0.25) is 19.9 Å². The van der Waals surface area contributed by atoms with Crippen LogP contribution in [0.5, 0.6) is 0 Å². The van der Waals surface area contributed by atoms with Gasteiger partial charge in [0.25, 0.3) is 15.7 Å². The first-order valence-corrected chi connectivity index (χ1v) is 6.76. The molecule has 0 radical (unpaired) electrons. The van der Waals surface area contributed by atoms with Gasteiger partial charge in [-0.1, -0.05) is 0 Å². The summed E-state index contributed by atoms with van der Waals surface area (Å²) in [5.74, 6) is -0.916. The number of nitrogens with zero attached hydrogens (tertiary/aromatic N) is 2. The number of hydrogen-bond donors (Lipinski definition) is 2. The molecular weight excluding hydrogens is 291 g/mol. The SMILES string of the molecule is Cc1[nH]ncc1S(=O)(=O)Nc1cc([N+](=O)[O-])ccc1F. The van der Waals surface area contributed by atoms with Crippen molar-refractivity contribution in [3.8, 4) is 0 Å². The van der Waals surface area contributed by atoms with E-state index in [9.17, 15) is 22.9 Å². The second kappa shape index (κ2) is 4.89. The van der Waals surface area contributed by atoms with Gasteiger partial charge >= 0.3 is 0 Å². The quantitative estimate of drug-likeness (QED) is 0.656. The van der Waals surface area contributed by atoms with E-state index < -0.39 is 32.1 Å². The Bertz CT molecular complexity index is 771. The van der Waals surface area contributed by atoms with Gasteiger partial charge in [0.1, 0.15) is 10.7 Å². The highest BCUT2D eigenvalue weighted by Crippen LogP contribution is 2.24. The van der Waals surface area contributed by atoms with E-state index in [0.29, 0.717) is 0 Å². The fourth-order valence-corrected chi connectivity index (χ4v) is 2.71. The van der Waals surface area contributed by atoms with Crippen LogP contribution in [0.4, 0.5) is 15.8 Å². The Morgan fingerprint density at radius 1 is 1.45 bits per heavy atom. The van der Waals surface area contributed by atoms with Gasteiger partial charge in [-0.2, -0.15) is 5.10 Å². The van der Waals surface area contributed by atoms with E-state index in [1.165, 1.54) is 6.92 Å². The zero-order valence-electron chi connectivity index (χ0n) is 10.1. The predicted molar refractivity (Wildman–Crippen MR) is 67.2 cm³/mol. The molecule has 20 heavy (non-hydrogen) atoms. The van der Waals surface area contributed by atoms with E-state index >= 15 is 0 Å². The molecule has 1 aromatic carbocycles. The van der Waals surface area contributed by atoms with Crippen LogP contribution in [0, 0.1) is 22.9 Å². The molecule has 0 spiro atoms. The molecule has 0 aliphatic rings. The summed E-state index contributed by atoms with van der Waals surface area (Å²) in [6.07, 6.45) is 1.06. The fourth-order valence-electron chi connectivity index (χ4n) is 1.52. The molecule has 106 valence electrons. The van der Waals surface area contributed by atoms with Crippen molar-refractivity contribution in [1.82, 2.24) is 10.2 Å². The molecule has 2 aromatic rings. The first kappa shape index (κ1) is 13.9. The lowest BCUT2D eigenvalue weighted by molar-refractivity contribution is -0.384. The van der Waals surface area contributed by atoms with Crippen LogP contribution in [0.2, 0.25) is 0 Å². The number of aromatic amines is 1. The Morgan fingerprint density at radius 2 is 2.15 bits per heavy atom. The lowest BCUT2D eigenvalue weighted by Gasteiger charge is -2.07. The fraction of sp³-hybridized carbons (Fsp3) is 0.100. The number of aryl methyl sites for hydroxylation is 1. The number of sulfonamides is 1. The Morgan fingerprint density at radius 3 is 2.70 bits per heavy atom. The van der Waals surface area contributed by atoms with Crippen molar-refractivity contribution in [3.63, 3.8) is 0 Å². The molecule has 2 N–H and O–H groups in total. The molecule has 1 aromatic heterocycles. The van der Waals surface area contributed by atoms with Crippen LogP contribution < -0.4 is 4.72 Å². The minimum absolute atomic E-state index is 0.164. The maximum absolute atomic E-state index is 13.5. The third-order valence-corrected chi connectivity index (χ3v) is 3.96. The Kier molecular flexibility index (Phi) is 3.40. The molecule has 0 unspecified atom stereocenters. The second-order valence-electron chi connectivity index (χ2n) is 3.89. The van der Waals surface area contributed by atoms with E-state index in [-0.39, 0.29) is 10.6 Å². The van der Waals surface area contributed by atoms with E-state index in [1.807, 2.05) is 4.72 Å². The standard InChI is InChI=1S/C10H9FN4O4S/c1-6-10(5-12-13-6)20(18,19)14-9-4-7(15(16)17)2-3-8(9)11/h2-5,14H,1H3,(H,12,13). The minimum atomic E-state index is -4.07. The predicted octanol–water partition coefficient (Wildman–Crippen LogP) is 1.57. The van der Waals surface area contributed by atoms with E-state index in [0.717, 1.165) is 24.4 Å². The Hall–Kier alpha value is -2.49. The molecule has 10 heteroatoms. The molecule has 2 rings (SSSR count). The van der Waals surface area contributed by atoms with Crippen LogP contribution in [-0.4, -0.2) is 23.5 Å². The normalized spacial score (nSPS) is 11.3. The van der Waals surface area contributed by atoms with Crippen molar-refractivity contribution in [2.75, 3.05) is 4.72 Å². The number of nitrogens with one attached hydrogen (secondary N) is 2. The Balaban J connectivity index is 2.42. The highest BCUT2D eigenvalue weighted by atomic mass is 32.2. The molecule has 1 heterocycles. The number of nitro groups is 1. The molecule has 0 bridgehead atoms. The summed E-state index contributed by atoms with van der Waals surface area (Å²) in [5, 5.41) is 16.6. The van der Waals surface area contributed by atoms with Gasteiger partial charge in [0.05, 0.1) is 22.5 Å². The van der Waals surface area contributed by atoms with Gasteiger partial charge in [0, 0.05) is 12.1 Å². The monoisotopic (exact) mass is 300 g/mol. The van der Waals surface area contributed by atoms with E-state index in [2.05, 4.69) is 10.2 Å². The molecule has 0 saturated heterocycles. The first-order valence-electron chi connectivity index (χ1n) is 5.28. The number of halogens is 1. The highest BCUT2D eigenvalue weighted by molar-refractivity contribution is 7.92. The molecule has 8 nitrogen and oxygen atoms in total. The van der Waals surface area contributed by atoms with Crippen molar-refractivity contribution in [3.05, 3.63) is 46.0 Å². The zero-order chi connectivity index (χ0) is 14.9. The lowest BCUT2D eigenvalue weighted by Crippen LogP contribution is -2.14. The van der Waals surface area contributed by atoms with Gasteiger partial charge in [-0.25, -0.2) is 12.8 Å². The summed E-state index contributed by atoms with van der Waals surface area (Å²) in [6.45, 7) is 1.48. The van der Waals surface area contributed by atoms with Crippen molar-refractivity contribution in [2.24, 2.45) is 0 Å². The van der Waals surface area contributed by atoms with Gasteiger partial charge in [0.2, 0.25) is 0 Å². The van der Waals surface area contributed by atoms with Crippen LogP contribution in [0.3, 0.4) is 0 Å². The van der Waals surface area contributed by atoms with E-state index in [4.69, 9.17) is 0 Å². The zero-order valence-corrected chi connectivity index (χ0v) is 10.9. The van der Waals surface area contributed by atoms with Crippen LogP contribution in [0.25, 0.3) is 0 Å². The summed E-state index contributed by atoms with van der Waals surface area (Å²) < 4.78 is 39.5. The molecule has 0 saturated carbocycles. The van der Waals surface area contributed by atoms with Crippen LogP contribution in [0.15, 0.2) is 29.3 Å². The summed E-state index contributed by atoms with van der Waals surface area (Å²) in [4.78, 5) is 9.69.